The number of hydrogen-bond donors (Lipinski definition) is 0. The number of fused-ring (bicyclic) bond motifs is 3. The second-order valence-corrected chi connectivity index (χ2v) is 12.9. The highest BCUT2D eigenvalue weighted by Crippen LogP contribution is 2.56. The van der Waals surface area contributed by atoms with Crippen LogP contribution in [0.3, 0.4) is 0 Å². The van der Waals surface area contributed by atoms with E-state index in [1.807, 2.05) is 23.1 Å². The highest BCUT2D eigenvalue weighted by molar-refractivity contribution is 6.31. The van der Waals surface area contributed by atoms with Gasteiger partial charge in [-0.05, 0) is 49.3 Å². The first kappa shape index (κ1) is 29.4. The Kier molecular flexibility index (Phi) is 7.71. The van der Waals surface area contributed by atoms with Gasteiger partial charge in [-0.3, -0.25) is 9.69 Å². The van der Waals surface area contributed by atoms with E-state index in [2.05, 4.69) is 17.5 Å². The minimum Gasteiger partial charge on any atom is -0.462 e. The quantitative estimate of drug-likeness (QED) is 0.423. The Balaban J connectivity index is 1.22. The summed E-state index contributed by atoms with van der Waals surface area (Å²) in [5, 5.41) is 10.2. The molecule has 2 aromatic rings. The number of benzene rings is 1. The molecule has 1 aromatic heterocycles. The van der Waals surface area contributed by atoms with Gasteiger partial charge in [-0.25, -0.2) is 8.78 Å². The van der Waals surface area contributed by atoms with Crippen LogP contribution in [0, 0.1) is 11.3 Å². The summed E-state index contributed by atoms with van der Waals surface area (Å²) in [7, 11) is 0. The largest absolute Gasteiger partial charge is 0.462 e. The Morgan fingerprint density at radius 2 is 1.98 bits per heavy atom. The predicted octanol–water partition coefficient (Wildman–Crippen LogP) is 4.24. The molecule has 0 unspecified atom stereocenters. The lowest BCUT2D eigenvalue weighted by Gasteiger charge is -2.48. The molecule has 9 nitrogen and oxygen atoms in total. The lowest BCUT2D eigenvalue weighted by atomic mass is 9.68. The molecule has 2 aliphatic carbocycles. The van der Waals surface area contributed by atoms with E-state index in [-0.39, 0.29) is 31.6 Å². The molecule has 4 heterocycles. The van der Waals surface area contributed by atoms with Crippen molar-refractivity contribution in [2.75, 3.05) is 50.9 Å². The first-order valence-electron chi connectivity index (χ1n) is 15.4. The monoisotopic (exact) mass is 624 g/mol. The van der Waals surface area contributed by atoms with Crippen molar-refractivity contribution in [2.45, 2.75) is 68.2 Å². The number of likely N-dealkylation sites (tertiary alicyclic amines) is 1. The van der Waals surface area contributed by atoms with Gasteiger partial charge in [-0.2, -0.15) is 15.2 Å². The minimum atomic E-state index is -1.39. The Labute approximate surface area is 260 Å². The van der Waals surface area contributed by atoms with Gasteiger partial charge < -0.3 is 19.3 Å². The molecule has 12 heteroatoms. The molecule has 1 amide bonds. The molecule has 44 heavy (non-hydrogen) atoms. The molecule has 3 saturated heterocycles. The van der Waals surface area contributed by atoms with Crippen LogP contribution in [0.1, 0.15) is 54.2 Å². The Morgan fingerprint density at radius 3 is 2.66 bits per heavy atom. The molecule has 0 N–H and O–H groups in total. The van der Waals surface area contributed by atoms with E-state index in [0.29, 0.717) is 67.0 Å². The molecule has 232 valence electrons. The van der Waals surface area contributed by atoms with Crippen molar-refractivity contribution in [2.24, 2.45) is 0 Å². The molecule has 3 aliphatic heterocycles. The van der Waals surface area contributed by atoms with E-state index >= 15 is 4.39 Å². The third-order valence-corrected chi connectivity index (χ3v) is 10.7. The molecule has 0 radical (unpaired) electrons. The maximum absolute atomic E-state index is 17.0. The number of piperazine rings is 1. The Hall–Kier alpha value is -3.33. The topological polar surface area (TPSA) is 94.8 Å². The van der Waals surface area contributed by atoms with Gasteiger partial charge in [-0.15, -0.1) is 0 Å². The number of alkyl halides is 1. The van der Waals surface area contributed by atoms with Crippen LogP contribution in [0.15, 0.2) is 30.6 Å². The lowest BCUT2D eigenvalue weighted by Crippen LogP contribution is -2.61. The fourth-order valence-electron chi connectivity index (χ4n) is 7.72. The van der Waals surface area contributed by atoms with Crippen molar-refractivity contribution in [3.8, 4) is 12.1 Å². The number of amides is 1. The summed E-state index contributed by atoms with van der Waals surface area (Å²) in [6, 6.07) is 8.01. The van der Waals surface area contributed by atoms with Gasteiger partial charge in [0.2, 0.25) is 0 Å². The number of carbonyl (C=O) groups is 1. The number of aromatic nitrogens is 2. The fraction of sp³-hybridized carbons (Fsp3) is 0.562. The molecule has 5 aliphatic rings. The van der Waals surface area contributed by atoms with Crippen LogP contribution >= 0.6 is 11.6 Å². The van der Waals surface area contributed by atoms with Gasteiger partial charge in [0.15, 0.2) is 12.0 Å². The fourth-order valence-corrected chi connectivity index (χ4v) is 7.99. The first-order chi connectivity index (χ1) is 21.3. The van der Waals surface area contributed by atoms with E-state index in [4.69, 9.17) is 31.0 Å². The van der Waals surface area contributed by atoms with Gasteiger partial charge in [0.25, 0.3) is 5.91 Å². The number of rotatable bonds is 7. The zero-order chi connectivity index (χ0) is 30.6. The SMILES string of the molecule is C=C(F)C(=O)N1CCN(c2nc(OC[C@@H]3CCN3C3COC3)nc3c2CC[C@@]2(CCc4c(Cl)cccc42)[C@H]3F)C[C@@H]1CC#N. The van der Waals surface area contributed by atoms with Crippen LogP contribution in [0.5, 0.6) is 6.01 Å². The number of halogens is 3. The van der Waals surface area contributed by atoms with E-state index < -0.39 is 29.4 Å². The highest BCUT2D eigenvalue weighted by atomic mass is 35.5. The van der Waals surface area contributed by atoms with Crippen molar-refractivity contribution in [3.63, 3.8) is 0 Å². The van der Waals surface area contributed by atoms with Crippen molar-refractivity contribution in [1.29, 1.82) is 5.26 Å². The highest BCUT2D eigenvalue weighted by Gasteiger charge is 2.51. The van der Waals surface area contributed by atoms with E-state index in [9.17, 15) is 14.4 Å². The van der Waals surface area contributed by atoms with Crippen molar-refractivity contribution >= 4 is 23.3 Å². The van der Waals surface area contributed by atoms with Crippen LogP contribution in [0.4, 0.5) is 14.6 Å². The Morgan fingerprint density at radius 1 is 1.18 bits per heavy atom. The summed E-state index contributed by atoms with van der Waals surface area (Å²) in [6.07, 6.45) is 2.09. The van der Waals surface area contributed by atoms with Gasteiger partial charge in [0.05, 0.1) is 43.5 Å². The average Bonchev–Trinajstić information content (AvgIpc) is 3.36. The predicted molar refractivity (Wildman–Crippen MR) is 159 cm³/mol. The van der Waals surface area contributed by atoms with Gasteiger partial charge >= 0.3 is 6.01 Å². The minimum absolute atomic E-state index is 0.0148. The normalized spacial score (nSPS) is 28.1. The summed E-state index contributed by atoms with van der Waals surface area (Å²) in [5.41, 5.74) is 2.26. The number of nitriles is 1. The lowest BCUT2D eigenvalue weighted by molar-refractivity contribution is -0.131. The van der Waals surface area contributed by atoms with Crippen molar-refractivity contribution in [3.05, 3.63) is 58.0 Å². The molecular formula is C32H35ClF2N6O3. The number of anilines is 1. The molecule has 1 spiro atoms. The first-order valence-corrected chi connectivity index (χ1v) is 15.7. The van der Waals surface area contributed by atoms with Gasteiger partial charge in [-0.1, -0.05) is 30.3 Å². The number of nitrogens with zero attached hydrogens (tertiary/aromatic N) is 6. The van der Waals surface area contributed by atoms with Gasteiger partial charge in [0, 0.05) is 48.2 Å². The van der Waals surface area contributed by atoms with Crippen LogP contribution < -0.4 is 9.64 Å². The van der Waals surface area contributed by atoms with Crippen LogP contribution in [-0.4, -0.2) is 89.8 Å². The van der Waals surface area contributed by atoms with E-state index in [0.717, 1.165) is 37.3 Å². The number of carbonyl (C=O) groups excluding carboxylic acids is 1. The van der Waals surface area contributed by atoms with E-state index in [1.54, 1.807) is 0 Å². The Bertz CT molecular complexity index is 1530. The van der Waals surface area contributed by atoms with Gasteiger partial charge in [0.1, 0.15) is 12.4 Å². The number of ether oxygens (including phenoxy) is 2. The van der Waals surface area contributed by atoms with Crippen LogP contribution in [0.2, 0.25) is 5.02 Å². The maximum Gasteiger partial charge on any atom is 0.318 e. The molecule has 4 atom stereocenters. The summed E-state index contributed by atoms with van der Waals surface area (Å²) in [5.74, 6) is -1.32. The number of hydrogen-bond acceptors (Lipinski definition) is 8. The molecular weight excluding hydrogens is 590 g/mol. The standard InChI is InChI=1S/C32H35ClF2N6O3/c1-19(34)30(42)41-14-13-39(15-20(41)7-11-36)29-24-6-10-32(9-5-23-25(32)3-2-4-26(23)33)28(35)27(24)37-31(38-29)44-18-21-8-12-40(21)22-16-43-17-22/h2-4,20-22,28H,1,5-10,12-18H2/t20-,21-,28-,32+/m0/s1. The average molecular weight is 625 g/mol. The van der Waals surface area contributed by atoms with Crippen molar-refractivity contribution in [1.82, 2.24) is 19.8 Å². The van der Waals surface area contributed by atoms with Crippen LogP contribution in [-0.2, 0) is 27.8 Å². The zero-order valence-corrected chi connectivity index (χ0v) is 25.2. The second kappa shape index (κ2) is 11.5. The second-order valence-electron chi connectivity index (χ2n) is 12.5. The molecule has 1 aromatic carbocycles. The van der Waals surface area contributed by atoms with Crippen molar-refractivity contribution < 1.29 is 23.0 Å². The molecule has 3 fully saturated rings. The maximum atomic E-state index is 17.0. The van der Waals surface area contributed by atoms with Crippen LogP contribution in [0.25, 0.3) is 0 Å². The third kappa shape index (κ3) is 4.82. The summed E-state index contributed by atoms with van der Waals surface area (Å²) < 4.78 is 42.4. The van der Waals surface area contributed by atoms with E-state index in [1.165, 1.54) is 4.90 Å². The molecule has 7 rings (SSSR count). The molecule has 0 bridgehead atoms. The summed E-state index contributed by atoms with van der Waals surface area (Å²) in [6.45, 7) is 6.73. The summed E-state index contributed by atoms with van der Waals surface area (Å²) >= 11 is 6.54. The summed E-state index contributed by atoms with van der Waals surface area (Å²) in [4.78, 5) is 27.8. The third-order valence-electron chi connectivity index (χ3n) is 10.3. The zero-order valence-electron chi connectivity index (χ0n) is 24.5. The molecule has 0 saturated carbocycles. The smallest absolute Gasteiger partial charge is 0.318 e.